The zero-order valence-corrected chi connectivity index (χ0v) is 7.75. The number of aryl methyl sites for hydroxylation is 1. The molecule has 0 aromatic heterocycles. The summed E-state index contributed by atoms with van der Waals surface area (Å²) in [6, 6.07) is 3.48. The molecule has 0 unspecified atom stereocenters. The van der Waals surface area contributed by atoms with Crippen molar-refractivity contribution in [3.05, 3.63) is 29.1 Å². The minimum Gasteiger partial charge on any atom is -0.493 e. The molecule has 0 radical (unpaired) electrons. The van der Waals surface area contributed by atoms with Crippen molar-refractivity contribution in [1.29, 1.82) is 0 Å². The number of halogens is 1. The second-order valence-corrected chi connectivity index (χ2v) is 3.32. The van der Waals surface area contributed by atoms with Crippen LogP contribution in [0.4, 0.5) is 4.39 Å². The van der Waals surface area contributed by atoms with Crippen LogP contribution in [0.3, 0.4) is 0 Å². The van der Waals surface area contributed by atoms with E-state index in [1.807, 2.05) is 0 Å². The molecule has 0 bridgehead atoms. The van der Waals surface area contributed by atoms with Crippen LogP contribution in [0.5, 0.6) is 5.75 Å². The van der Waals surface area contributed by atoms with E-state index >= 15 is 0 Å². The van der Waals surface area contributed by atoms with Gasteiger partial charge in [0, 0.05) is 18.4 Å². The topological polar surface area (TPSA) is 26.3 Å². The van der Waals surface area contributed by atoms with Crippen molar-refractivity contribution in [3.8, 4) is 5.75 Å². The average Bonchev–Trinajstić information content (AvgIpc) is 2.66. The van der Waals surface area contributed by atoms with Crippen LogP contribution in [-0.2, 0) is 17.6 Å². The standard InChI is InChI=1S/C11H11FO2/c12-11-8(2-1-6-13)3-4-10-9(11)5-7-14-10/h3-4,6H,1-2,5,7H2. The Kier molecular flexibility index (Phi) is 2.48. The molecule has 1 aromatic rings. The molecule has 1 aliphatic heterocycles. The number of aldehydes is 1. The third kappa shape index (κ3) is 1.50. The number of carbonyl (C=O) groups excluding carboxylic acids is 1. The van der Waals surface area contributed by atoms with Crippen LogP contribution in [0, 0.1) is 5.82 Å². The number of rotatable bonds is 3. The fourth-order valence-corrected chi connectivity index (χ4v) is 1.69. The number of hydrogen-bond donors (Lipinski definition) is 0. The van der Waals surface area contributed by atoms with Crippen molar-refractivity contribution in [2.75, 3.05) is 6.61 Å². The van der Waals surface area contributed by atoms with Gasteiger partial charge in [-0.2, -0.15) is 0 Å². The summed E-state index contributed by atoms with van der Waals surface area (Å²) in [7, 11) is 0. The highest BCUT2D eigenvalue weighted by Gasteiger charge is 2.18. The van der Waals surface area contributed by atoms with E-state index in [0.717, 1.165) is 6.29 Å². The third-order valence-corrected chi connectivity index (χ3v) is 2.42. The largest absolute Gasteiger partial charge is 0.493 e. The normalized spacial score (nSPS) is 13.5. The maximum Gasteiger partial charge on any atom is 0.133 e. The average molecular weight is 194 g/mol. The lowest BCUT2D eigenvalue weighted by atomic mass is 10.0. The Morgan fingerprint density at radius 3 is 3.14 bits per heavy atom. The van der Waals surface area contributed by atoms with E-state index in [0.29, 0.717) is 42.7 Å². The molecule has 2 rings (SSSR count). The first-order valence-electron chi connectivity index (χ1n) is 4.69. The quantitative estimate of drug-likeness (QED) is 0.687. The first kappa shape index (κ1) is 9.19. The lowest BCUT2D eigenvalue weighted by Gasteiger charge is -2.04. The smallest absolute Gasteiger partial charge is 0.133 e. The van der Waals surface area contributed by atoms with Crippen molar-refractivity contribution in [3.63, 3.8) is 0 Å². The van der Waals surface area contributed by atoms with Gasteiger partial charge in [0.15, 0.2) is 0 Å². The molecule has 2 nitrogen and oxygen atoms in total. The Balaban J connectivity index is 2.30. The maximum absolute atomic E-state index is 13.7. The van der Waals surface area contributed by atoms with Crippen molar-refractivity contribution in [1.82, 2.24) is 0 Å². The first-order valence-corrected chi connectivity index (χ1v) is 4.69. The van der Waals surface area contributed by atoms with Crippen molar-refractivity contribution in [2.24, 2.45) is 0 Å². The van der Waals surface area contributed by atoms with Gasteiger partial charge < -0.3 is 9.53 Å². The Morgan fingerprint density at radius 2 is 2.36 bits per heavy atom. The van der Waals surface area contributed by atoms with Gasteiger partial charge in [-0.05, 0) is 18.1 Å². The van der Waals surface area contributed by atoms with Crippen molar-refractivity contribution >= 4 is 6.29 Å². The van der Waals surface area contributed by atoms with Crippen LogP contribution in [-0.4, -0.2) is 12.9 Å². The highest BCUT2D eigenvalue weighted by molar-refractivity contribution is 5.50. The van der Waals surface area contributed by atoms with Crippen LogP contribution in [0.1, 0.15) is 17.5 Å². The molecule has 1 heterocycles. The maximum atomic E-state index is 13.7. The second-order valence-electron chi connectivity index (χ2n) is 3.32. The van der Waals surface area contributed by atoms with E-state index in [9.17, 15) is 9.18 Å². The Morgan fingerprint density at radius 1 is 1.50 bits per heavy atom. The van der Waals surface area contributed by atoms with Crippen LogP contribution in [0.15, 0.2) is 12.1 Å². The molecule has 0 N–H and O–H groups in total. The number of fused-ring (bicyclic) bond motifs is 1. The summed E-state index contributed by atoms with van der Waals surface area (Å²) in [6.07, 6.45) is 2.29. The van der Waals surface area contributed by atoms with Gasteiger partial charge >= 0.3 is 0 Å². The summed E-state index contributed by atoms with van der Waals surface area (Å²) in [5.74, 6) is 0.458. The molecule has 74 valence electrons. The molecular formula is C11H11FO2. The number of hydrogen-bond acceptors (Lipinski definition) is 2. The van der Waals surface area contributed by atoms with Gasteiger partial charge in [0.05, 0.1) is 6.61 Å². The van der Waals surface area contributed by atoms with Crippen molar-refractivity contribution < 1.29 is 13.9 Å². The Hall–Kier alpha value is -1.38. The molecule has 0 amide bonds. The molecule has 0 saturated carbocycles. The fraction of sp³-hybridized carbons (Fsp3) is 0.364. The van der Waals surface area contributed by atoms with Crippen LogP contribution in [0.2, 0.25) is 0 Å². The Bertz CT molecular complexity index is 361. The lowest BCUT2D eigenvalue weighted by Crippen LogP contribution is -1.95. The van der Waals surface area contributed by atoms with Gasteiger partial charge in [0.25, 0.3) is 0 Å². The fourth-order valence-electron chi connectivity index (χ4n) is 1.69. The third-order valence-electron chi connectivity index (χ3n) is 2.42. The van der Waals surface area contributed by atoms with Crippen LogP contribution in [0.25, 0.3) is 0 Å². The van der Waals surface area contributed by atoms with E-state index in [1.165, 1.54) is 0 Å². The SMILES string of the molecule is O=CCCc1ccc2c(c1F)CCO2. The minimum absolute atomic E-state index is 0.193. The molecule has 1 aromatic carbocycles. The first-order chi connectivity index (χ1) is 6.83. The van der Waals surface area contributed by atoms with E-state index in [1.54, 1.807) is 12.1 Å². The molecule has 0 atom stereocenters. The molecule has 0 fully saturated rings. The van der Waals surface area contributed by atoms with Gasteiger partial charge in [-0.1, -0.05) is 6.07 Å². The van der Waals surface area contributed by atoms with Crippen LogP contribution < -0.4 is 4.74 Å². The molecule has 3 heteroatoms. The monoisotopic (exact) mass is 194 g/mol. The lowest BCUT2D eigenvalue weighted by molar-refractivity contribution is -0.107. The van der Waals surface area contributed by atoms with E-state index in [-0.39, 0.29) is 5.82 Å². The van der Waals surface area contributed by atoms with Gasteiger partial charge in [-0.25, -0.2) is 4.39 Å². The number of ether oxygens (including phenoxy) is 1. The molecular weight excluding hydrogens is 183 g/mol. The molecule has 1 aliphatic rings. The van der Waals surface area contributed by atoms with E-state index in [4.69, 9.17) is 4.74 Å². The van der Waals surface area contributed by atoms with Gasteiger partial charge in [0.1, 0.15) is 17.9 Å². The molecule has 14 heavy (non-hydrogen) atoms. The summed E-state index contributed by atoms with van der Waals surface area (Å²) in [5.41, 5.74) is 1.27. The second kappa shape index (κ2) is 3.78. The predicted octanol–water partition coefficient (Wildman–Crippen LogP) is 1.89. The summed E-state index contributed by atoms with van der Waals surface area (Å²) in [4.78, 5) is 10.2. The Labute approximate surface area is 81.7 Å². The van der Waals surface area contributed by atoms with Gasteiger partial charge in [-0.3, -0.25) is 0 Å². The number of carbonyl (C=O) groups is 1. The molecule has 0 spiro atoms. The van der Waals surface area contributed by atoms with Crippen molar-refractivity contribution in [2.45, 2.75) is 19.3 Å². The van der Waals surface area contributed by atoms with E-state index < -0.39 is 0 Å². The van der Waals surface area contributed by atoms with Gasteiger partial charge in [-0.15, -0.1) is 0 Å². The predicted molar refractivity (Wildman–Crippen MR) is 50.0 cm³/mol. The minimum atomic E-state index is -0.193. The molecule has 0 aliphatic carbocycles. The van der Waals surface area contributed by atoms with E-state index in [2.05, 4.69) is 0 Å². The summed E-state index contributed by atoms with van der Waals surface area (Å²) < 4.78 is 18.9. The zero-order chi connectivity index (χ0) is 9.97. The van der Waals surface area contributed by atoms with Gasteiger partial charge in [0.2, 0.25) is 0 Å². The molecule has 0 saturated heterocycles. The summed E-state index contributed by atoms with van der Waals surface area (Å²) in [5, 5.41) is 0. The highest BCUT2D eigenvalue weighted by Crippen LogP contribution is 2.29. The summed E-state index contributed by atoms with van der Waals surface area (Å²) in [6.45, 7) is 0.559. The highest BCUT2D eigenvalue weighted by atomic mass is 19.1. The zero-order valence-electron chi connectivity index (χ0n) is 7.75. The number of benzene rings is 1. The summed E-state index contributed by atoms with van der Waals surface area (Å²) >= 11 is 0. The van der Waals surface area contributed by atoms with Crippen LogP contribution >= 0.6 is 0 Å².